The van der Waals surface area contributed by atoms with Gasteiger partial charge < -0.3 is 16.6 Å². The van der Waals surface area contributed by atoms with E-state index in [2.05, 4.69) is 13.8 Å². The van der Waals surface area contributed by atoms with Crippen LogP contribution in [-0.4, -0.2) is 23.2 Å². The quantitative estimate of drug-likeness (QED) is 0.614. The molecule has 0 heterocycles. The first-order chi connectivity index (χ1) is 5.77. The number of rotatable bonds is 3. The summed E-state index contributed by atoms with van der Waals surface area (Å²) in [4.78, 5) is 9.57. The highest BCUT2D eigenvalue weighted by molar-refractivity contribution is 5.72. The van der Waals surface area contributed by atoms with Gasteiger partial charge in [-0.25, -0.2) is 0 Å². The average molecular weight is 190 g/mol. The Hall–Kier alpha value is -0.610. The largest absolute Gasteiger partial charge is 0.480 e. The van der Waals surface area contributed by atoms with Gasteiger partial charge in [0.2, 0.25) is 0 Å². The van der Waals surface area contributed by atoms with E-state index in [9.17, 15) is 4.79 Å². The molecule has 0 spiro atoms. The molecule has 0 amide bonds. The summed E-state index contributed by atoms with van der Waals surface area (Å²) in [5, 5.41) is 7.87. The van der Waals surface area contributed by atoms with Crippen LogP contribution in [0.5, 0.6) is 0 Å². The lowest BCUT2D eigenvalue weighted by Crippen LogP contribution is -2.25. The number of nitrogens with two attached hydrogens (primary N) is 2. The Bertz CT molecular complexity index is 128. The summed E-state index contributed by atoms with van der Waals surface area (Å²) in [6, 6.07) is -0.356. The van der Waals surface area contributed by atoms with Gasteiger partial charge in [0.1, 0.15) is 6.04 Å². The highest BCUT2D eigenvalue weighted by atomic mass is 16.4. The highest BCUT2D eigenvalue weighted by Gasteiger charge is 1.99. The van der Waals surface area contributed by atoms with Crippen LogP contribution in [0.15, 0.2) is 0 Å². The number of hydrogen-bond acceptors (Lipinski definition) is 3. The minimum Gasteiger partial charge on any atom is -0.480 e. The van der Waals surface area contributed by atoms with E-state index in [0.29, 0.717) is 6.04 Å². The van der Waals surface area contributed by atoms with Crippen molar-refractivity contribution in [3.8, 4) is 0 Å². The smallest absolute Gasteiger partial charge is 0.320 e. The topological polar surface area (TPSA) is 89.3 Å². The fourth-order valence-electron chi connectivity index (χ4n) is 0.744. The van der Waals surface area contributed by atoms with Crippen LogP contribution in [0.2, 0.25) is 0 Å². The molecule has 2 atom stereocenters. The van der Waals surface area contributed by atoms with E-state index in [-0.39, 0.29) is 0 Å². The molecule has 1 unspecified atom stereocenters. The van der Waals surface area contributed by atoms with Crippen LogP contribution >= 0.6 is 0 Å². The SMILES string of the molecule is CC(C)CC(C)N.C[C@H](N)C(=O)O. The molecule has 0 radical (unpaired) electrons. The zero-order chi connectivity index (χ0) is 11.0. The minimum atomic E-state index is -0.963. The molecule has 13 heavy (non-hydrogen) atoms. The van der Waals surface area contributed by atoms with Crippen molar-refractivity contribution in [3.63, 3.8) is 0 Å². The Balaban J connectivity index is 0. The molecule has 0 aliphatic heterocycles. The molecule has 0 aliphatic rings. The monoisotopic (exact) mass is 190 g/mol. The summed E-state index contributed by atoms with van der Waals surface area (Å²) in [6.45, 7) is 7.83. The van der Waals surface area contributed by atoms with Crippen molar-refractivity contribution in [1.29, 1.82) is 0 Å². The summed E-state index contributed by atoms with van der Waals surface area (Å²) in [5.41, 5.74) is 10.3. The van der Waals surface area contributed by atoms with Gasteiger partial charge in [-0.2, -0.15) is 0 Å². The molecule has 0 aromatic rings. The number of aliphatic carboxylic acids is 1. The van der Waals surface area contributed by atoms with Crippen LogP contribution in [0.3, 0.4) is 0 Å². The van der Waals surface area contributed by atoms with Gasteiger partial charge in [-0.05, 0) is 26.2 Å². The molecule has 0 aromatic heterocycles. The first kappa shape index (κ1) is 14.9. The van der Waals surface area contributed by atoms with Crippen molar-refractivity contribution >= 4 is 5.97 Å². The van der Waals surface area contributed by atoms with E-state index >= 15 is 0 Å². The summed E-state index contributed by atoms with van der Waals surface area (Å²) < 4.78 is 0. The molecular formula is C9H22N2O2. The number of carboxylic acids is 1. The van der Waals surface area contributed by atoms with Crippen molar-refractivity contribution in [2.24, 2.45) is 17.4 Å². The van der Waals surface area contributed by atoms with Gasteiger partial charge in [-0.1, -0.05) is 13.8 Å². The van der Waals surface area contributed by atoms with Crippen molar-refractivity contribution in [1.82, 2.24) is 0 Å². The predicted molar refractivity (Wildman–Crippen MR) is 54.4 cm³/mol. The van der Waals surface area contributed by atoms with Gasteiger partial charge in [0.05, 0.1) is 0 Å². The molecule has 0 rings (SSSR count). The standard InChI is InChI=1S/C6H15N.C3H7NO2/c1-5(2)4-6(3)7;1-2(4)3(5)6/h5-6H,4,7H2,1-3H3;2H,4H2,1H3,(H,5,6)/t;2-/m.0/s1. The summed E-state index contributed by atoms with van der Waals surface area (Å²) >= 11 is 0. The van der Waals surface area contributed by atoms with E-state index in [0.717, 1.165) is 12.3 Å². The lowest BCUT2D eigenvalue weighted by Gasteiger charge is -2.05. The first-order valence-corrected chi connectivity index (χ1v) is 4.51. The molecule has 4 nitrogen and oxygen atoms in total. The third kappa shape index (κ3) is 18.4. The van der Waals surface area contributed by atoms with Gasteiger partial charge in [-0.15, -0.1) is 0 Å². The van der Waals surface area contributed by atoms with Gasteiger partial charge >= 0.3 is 5.97 Å². The van der Waals surface area contributed by atoms with Crippen LogP contribution < -0.4 is 11.5 Å². The first-order valence-electron chi connectivity index (χ1n) is 4.51. The molecule has 0 fully saturated rings. The second kappa shape index (κ2) is 8.01. The maximum absolute atomic E-state index is 9.57. The molecule has 0 bridgehead atoms. The second-order valence-electron chi connectivity index (χ2n) is 3.73. The fourth-order valence-corrected chi connectivity index (χ4v) is 0.744. The number of carbonyl (C=O) groups is 1. The molecule has 4 heteroatoms. The fraction of sp³-hybridized carbons (Fsp3) is 0.889. The Kier molecular flexibility index (Phi) is 9.17. The van der Waals surface area contributed by atoms with E-state index < -0.39 is 12.0 Å². The van der Waals surface area contributed by atoms with Gasteiger partial charge in [-0.3, -0.25) is 4.79 Å². The minimum absolute atomic E-state index is 0.375. The molecule has 0 saturated heterocycles. The van der Waals surface area contributed by atoms with E-state index in [1.807, 2.05) is 6.92 Å². The summed E-state index contributed by atoms with van der Waals surface area (Å²) in [5.74, 6) is -0.213. The third-order valence-corrected chi connectivity index (χ3v) is 1.23. The maximum Gasteiger partial charge on any atom is 0.320 e. The van der Waals surface area contributed by atoms with Gasteiger partial charge in [0, 0.05) is 6.04 Å². The number of carboxylic acid groups (broad SMARTS) is 1. The van der Waals surface area contributed by atoms with Crippen molar-refractivity contribution in [3.05, 3.63) is 0 Å². The number of hydrogen-bond donors (Lipinski definition) is 3. The average Bonchev–Trinajstić information content (AvgIpc) is 1.84. The van der Waals surface area contributed by atoms with Gasteiger partial charge in [0.25, 0.3) is 0 Å². The van der Waals surface area contributed by atoms with Crippen LogP contribution in [-0.2, 0) is 4.79 Å². The Morgan fingerprint density at radius 1 is 1.23 bits per heavy atom. The lowest BCUT2D eigenvalue weighted by molar-refractivity contribution is -0.138. The molecule has 0 saturated carbocycles. The molecule has 80 valence electrons. The Morgan fingerprint density at radius 2 is 1.54 bits per heavy atom. The van der Waals surface area contributed by atoms with Crippen LogP contribution in [0, 0.1) is 5.92 Å². The third-order valence-electron chi connectivity index (χ3n) is 1.23. The van der Waals surface area contributed by atoms with Crippen LogP contribution in [0.25, 0.3) is 0 Å². The molecular weight excluding hydrogens is 168 g/mol. The van der Waals surface area contributed by atoms with Gasteiger partial charge in [0.15, 0.2) is 0 Å². The molecule has 0 aromatic carbocycles. The van der Waals surface area contributed by atoms with Crippen LogP contribution in [0.4, 0.5) is 0 Å². The van der Waals surface area contributed by atoms with Crippen molar-refractivity contribution in [2.45, 2.75) is 46.2 Å². The lowest BCUT2D eigenvalue weighted by atomic mass is 10.1. The zero-order valence-electron chi connectivity index (χ0n) is 8.95. The van der Waals surface area contributed by atoms with Crippen molar-refractivity contribution < 1.29 is 9.90 Å². The summed E-state index contributed by atoms with van der Waals surface area (Å²) in [6.07, 6.45) is 1.14. The van der Waals surface area contributed by atoms with Crippen molar-refractivity contribution in [2.75, 3.05) is 0 Å². The summed E-state index contributed by atoms with van der Waals surface area (Å²) in [7, 11) is 0. The Labute approximate surface area is 80.3 Å². The van der Waals surface area contributed by atoms with E-state index in [4.69, 9.17) is 16.6 Å². The second-order valence-corrected chi connectivity index (χ2v) is 3.73. The van der Waals surface area contributed by atoms with E-state index in [1.54, 1.807) is 0 Å². The predicted octanol–water partition coefficient (Wildman–Crippen LogP) is 0.798. The zero-order valence-corrected chi connectivity index (χ0v) is 8.95. The Morgan fingerprint density at radius 3 is 1.54 bits per heavy atom. The highest BCUT2D eigenvalue weighted by Crippen LogP contribution is 2.00. The molecule has 5 N–H and O–H groups in total. The van der Waals surface area contributed by atoms with E-state index in [1.165, 1.54) is 6.92 Å². The molecule has 0 aliphatic carbocycles. The van der Waals surface area contributed by atoms with Crippen LogP contribution in [0.1, 0.15) is 34.1 Å². The maximum atomic E-state index is 9.57. The normalized spacial score (nSPS) is 14.4.